The summed E-state index contributed by atoms with van der Waals surface area (Å²) in [6.07, 6.45) is 0. The van der Waals surface area contributed by atoms with Gasteiger partial charge in [0.1, 0.15) is 0 Å². The van der Waals surface area contributed by atoms with Gasteiger partial charge in [-0.2, -0.15) is 0 Å². The van der Waals surface area contributed by atoms with Crippen molar-refractivity contribution in [2.45, 2.75) is 19.8 Å². The number of hydrogen-bond donors (Lipinski definition) is 1. The molecular formula is C24H20N2O2S. The van der Waals surface area contributed by atoms with Gasteiger partial charge in [0, 0.05) is 16.8 Å². The molecule has 1 N–H and O–H groups in total. The molecule has 0 aliphatic carbocycles. The predicted octanol–water partition coefficient (Wildman–Crippen LogP) is 5.58. The second-order valence-corrected chi connectivity index (χ2v) is 8.18. The molecular weight excluding hydrogens is 380 g/mol. The van der Waals surface area contributed by atoms with Crippen molar-refractivity contribution in [1.82, 2.24) is 4.98 Å². The van der Waals surface area contributed by atoms with Crippen LogP contribution in [-0.4, -0.2) is 16.7 Å². The van der Waals surface area contributed by atoms with Crippen LogP contribution in [0, 0.1) is 6.92 Å². The maximum atomic E-state index is 12.8. The minimum absolute atomic E-state index is 0.0515. The highest BCUT2D eigenvalue weighted by Crippen LogP contribution is 2.26. The van der Waals surface area contributed by atoms with Crippen molar-refractivity contribution in [3.05, 3.63) is 94.5 Å². The standard InChI is InChI=1S/C24H20N2O2S/c1-15(24(28)26-20-11-12-22-21(14-20)25-16(2)29-22)18-9-6-10-19(13-18)23(27)17-7-4-3-5-8-17/h3-15H,1-2H3,(H,26,28). The van der Waals surface area contributed by atoms with E-state index in [2.05, 4.69) is 10.3 Å². The quantitative estimate of drug-likeness (QED) is 0.445. The SMILES string of the molecule is Cc1nc2cc(NC(=O)C(C)c3cccc(C(=O)c4ccccc4)c3)ccc2s1. The lowest BCUT2D eigenvalue weighted by Crippen LogP contribution is -2.19. The van der Waals surface area contributed by atoms with E-state index in [0.29, 0.717) is 11.1 Å². The number of ketones is 1. The van der Waals surface area contributed by atoms with Gasteiger partial charge in [-0.05, 0) is 43.7 Å². The number of aromatic nitrogens is 1. The lowest BCUT2D eigenvalue weighted by atomic mass is 9.95. The first-order valence-electron chi connectivity index (χ1n) is 9.39. The molecule has 0 fully saturated rings. The number of benzene rings is 3. The van der Waals surface area contributed by atoms with Gasteiger partial charge in [0.2, 0.25) is 5.91 Å². The zero-order chi connectivity index (χ0) is 20.4. The highest BCUT2D eigenvalue weighted by Gasteiger charge is 2.18. The smallest absolute Gasteiger partial charge is 0.231 e. The number of carbonyl (C=O) groups is 2. The van der Waals surface area contributed by atoms with Crippen molar-refractivity contribution in [3.8, 4) is 0 Å². The zero-order valence-electron chi connectivity index (χ0n) is 16.2. The van der Waals surface area contributed by atoms with E-state index >= 15 is 0 Å². The maximum absolute atomic E-state index is 12.8. The average Bonchev–Trinajstić information content (AvgIpc) is 3.12. The topological polar surface area (TPSA) is 59.1 Å². The fourth-order valence-electron chi connectivity index (χ4n) is 3.23. The first-order valence-corrected chi connectivity index (χ1v) is 10.2. The normalized spacial score (nSPS) is 11.9. The third-order valence-corrected chi connectivity index (χ3v) is 5.79. The molecule has 0 spiro atoms. The Hall–Kier alpha value is -3.31. The van der Waals surface area contributed by atoms with Crippen LogP contribution in [0.3, 0.4) is 0 Å². The van der Waals surface area contributed by atoms with Crippen LogP contribution in [0.15, 0.2) is 72.8 Å². The predicted molar refractivity (Wildman–Crippen MR) is 118 cm³/mol. The molecule has 1 amide bonds. The first-order chi connectivity index (χ1) is 14.0. The molecule has 4 rings (SSSR count). The lowest BCUT2D eigenvalue weighted by molar-refractivity contribution is -0.117. The Balaban J connectivity index is 1.53. The van der Waals surface area contributed by atoms with E-state index in [1.165, 1.54) is 0 Å². The number of nitrogens with one attached hydrogen (secondary N) is 1. The Morgan fingerprint density at radius 3 is 2.48 bits per heavy atom. The summed E-state index contributed by atoms with van der Waals surface area (Å²) in [5.74, 6) is -0.573. The maximum Gasteiger partial charge on any atom is 0.231 e. The second-order valence-electron chi connectivity index (χ2n) is 6.95. The summed E-state index contributed by atoms with van der Waals surface area (Å²) >= 11 is 1.63. The molecule has 0 saturated heterocycles. The van der Waals surface area contributed by atoms with Crippen molar-refractivity contribution in [2.24, 2.45) is 0 Å². The van der Waals surface area contributed by atoms with Gasteiger partial charge < -0.3 is 5.32 Å². The van der Waals surface area contributed by atoms with Crippen LogP contribution in [-0.2, 0) is 4.79 Å². The number of rotatable bonds is 5. The van der Waals surface area contributed by atoms with Crippen molar-refractivity contribution in [2.75, 3.05) is 5.32 Å². The van der Waals surface area contributed by atoms with E-state index in [0.717, 1.165) is 26.5 Å². The Kier molecular flexibility index (Phi) is 5.23. The summed E-state index contributed by atoms with van der Waals surface area (Å²) in [6.45, 7) is 3.81. The Labute approximate surface area is 173 Å². The molecule has 0 aliphatic rings. The van der Waals surface area contributed by atoms with Gasteiger partial charge in [-0.1, -0.05) is 48.5 Å². The van der Waals surface area contributed by atoms with Crippen LogP contribution in [0.2, 0.25) is 0 Å². The van der Waals surface area contributed by atoms with Crippen LogP contribution >= 0.6 is 11.3 Å². The monoisotopic (exact) mass is 400 g/mol. The highest BCUT2D eigenvalue weighted by molar-refractivity contribution is 7.18. The molecule has 29 heavy (non-hydrogen) atoms. The van der Waals surface area contributed by atoms with E-state index < -0.39 is 5.92 Å². The summed E-state index contributed by atoms with van der Waals surface area (Å²) in [6, 6.07) is 22.2. The van der Waals surface area contributed by atoms with E-state index in [1.807, 2.05) is 62.4 Å². The summed E-state index contributed by atoms with van der Waals surface area (Å²) in [5.41, 5.74) is 3.61. The molecule has 1 atom stereocenters. The lowest BCUT2D eigenvalue weighted by Gasteiger charge is -2.14. The molecule has 1 unspecified atom stereocenters. The van der Waals surface area contributed by atoms with Gasteiger partial charge in [-0.3, -0.25) is 9.59 Å². The van der Waals surface area contributed by atoms with E-state index in [4.69, 9.17) is 0 Å². The van der Waals surface area contributed by atoms with Crippen molar-refractivity contribution in [3.63, 3.8) is 0 Å². The third-order valence-electron chi connectivity index (χ3n) is 4.84. The zero-order valence-corrected chi connectivity index (χ0v) is 17.0. The summed E-state index contributed by atoms with van der Waals surface area (Å²) in [4.78, 5) is 30.0. The van der Waals surface area contributed by atoms with Crippen LogP contribution in [0.5, 0.6) is 0 Å². The molecule has 0 aliphatic heterocycles. The largest absolute Gasteiger partial charge is 0.325 e. The van der Waals surface area contributed by atoms with E-state index in [-0.39, 0.29) is 11.7 Å². The fourth-order valence-corrected chi connectivity index (χ4v) is 4.04. The number of nitrogens with zero attached hydrogens (tertiary/aromatic N) is 1. The highest BCUT2D eigenvalue weighted by atomic mass is 32.1. The Morgan fingerprint density at radius 1 is 0.931 bits per heavy atom. The van der Waals surface area contributed by atoms with E-state index in [1.54, 1.807) is 35.6 Å². The van der Waals surface area contributed by atoms with Crippen molar-refractivity contribution < 1.29 is 9.59 Å². The summed E-state index contributed by atoms with van der Waals surface area (Å²) in [5, 5.41) is 3.96. The Morgan fingerprint density at radius 2 is 1.69 bits per heavy atom. The number of hydrogen-bond acceptors (Lipinski definition) is 4. The molecule has 0 radical (unpaired) electrons. The number of aryl methyl sites for hydroxylation is 1. The molecule has 4 aromatic rings. The number of carbonyl (C=O) groups excluding carboxylic acids is 2. The number of anilines is 1. The van der Waals surface area contributed by atoms with Crippen molar-refractivity contribution in [1.29, 1.82) is 0 Å². The average molecular weight is 401 g/mol. The number of thiazole rings is 1. The van der Waals surface area contributed by atoms with E-state index in [9.17, 15) is 9.59 Å². The van der Waals surface area contributed by atoms with Gasteiger partial charge in [0.05, 0.1) is 21.1 Å². The summed E-state index contributed by atoms with van der Waals surface area (Å²) in [7, 11) is 0. The number of fused-ring (bicyclic) bond motifs is 1. The van der Waals surface area contributed by atoms with Crippen LogP contribution in [0.4, 0.5) is 5.69 Å². The van der Waals surface area contributed by atoms with Gasteiger partial charge in [-0.25, -0.2) is 4.98 Å². The summed E-state index contributed by atoms with van der Waals surface area (Å²) < 4.78 is 1.10. The van der Waals surface area contributed by atoms with Gasteiger partial charge in [0.15, 0.2) is 5.78 Å². The molecule has 3 aromatic carbocycles. The van der Waals surface area contributed by atoms with Crippen LogP contribution in [0.25, 0.3) is 10.2 Å². The molecule has 144 valence electrons. The number of amides is 1. The minimum Gasteiger partial charge on any atom is -0.325 e. The third kappa shape index (κ3) is 4.10. The van der Waals surface area contributed by atoms with Crippen molar-refractivity contribution >= 4 is 38.9 Å². The minimum atomic E-state index is -0.397. The molecule has 0 bridgehead atoms. The molecule has 4 nitrogen and oxygen atoms in total. The fraction of sp³-hybridized carbons (Fsp3) is 0.125. The van der Waals surface area contributed by atoms with Gasteiger partial charge in [-0.15, -0.1) is 11.3 Å². The Bertz CT molecular complexity index is 1200. The van der Waals surface area contributed by atoms with Crippen LogP contribution < -0.4 is 5.32 Å². The second kappa shape index (κ2) is 7.97. The molecule has 5 heteroatoms. The van der Waals surface area contributed by atoms with Gasteiger partial charge >= 0.3 is 0 Å². The molecule has 1 aromatic heterocycles. The van der Waals surface area contributed by atoms with Crippen LogP contribution in [0.1, 0.15) is 39.3 Å². The first kappa shape index (κ1) is 19.0. The molecule has 0 saturated carbocycles. The molecule has 1 heterocycles. The van der Waals surface area contributed by atoms with Gasteiger partial charge in [0.25, 0.3) is 0 Å².